The fourth-order valence-electron chi connectivity index (χ4n) is 4.32. The molecule has 0 saturated carbocycles. The van der Waals surface area contributed by atoms with Crippen LogP contribution in [-0.2, 0) is 9.59 Å². The minimum absolute atomic E-state index is 0.0501. The minimum atomic E-state index is -1.11. The number of carboxylic acids is 1. The highest BCUT2D eigenvalue weighted by Gasteiger charge is 2.43. The molecular formula is C25H32N2O4S. The number of carbonyl (C=O) groups excluding carboxylic acids is 2. The van der Waals surface area contributed by atoms with Gasteiger partial charge in [0.1, 0.15) is 10.9 Å². The van der Waals surface area contributed by atoms with Crippen LogP contribution in [0.2, 0.25) is 0 Å². The first-order chi connectivity index (χ1) is 14.9. The lowest BCUT2D eigenvalue weighted by Gasteiger charge is -2.34. The largest absolute Gasteiger partial charge is 0.477 e. The topological polar surface area (TPSA) is 77.9 Å². The monoisotopic (exact) mass is 456 g/mol. The molecule has 1 aromatic heterocycles. The van der Waals surface area contributed by atoms with Crippen molar-refractivity contribution < 1.29 is 19.5 Å². The third kappa shape index (κ3) is 5.07. The summed E-state index contributed by atoms with van der Waals surface area (Å²) >= 11 is 1.06. The molecule has 1 saturated heterocycles. The second kappa shape index (κ2) is 9.11. The molecule has 3 unspecified atom stereocenters. The number of nitrogens with zero attached hydrogens (tertiary/aromatic N) is 2. The molecule has 32 heavy (non-hydrogen) atoms. The quantitative estimate of drug-likeness (QED) is 0.538. The first-order valence-electron chi connectivity index (χ1n) is 11.0. The normalized spacial score (nSPS) is 23.4. The van der Waals surface area contributed by atoms with E-state index in [0.717, 1.165) is 17.8 Å². The van der Waals surface area contributed by atoms with Gasteiger partial charge in [-0.1, -0.05) is 30.4 Å². The number of hydrogen-bond acceptors (Lipinski definition) is 4. The fraction of sp³-hybridized carbons (Fsp3) is 0.560. The van der Waals surface area contributed by atoms with Crippen molar-refractivity contribution in [2.75, 3.05) is 18.5 Å². The Bertz CT molecular complexity index is 1020. The summed E-state index contributed by atoms with van der Waals surface area (Å²) in [7, 11) is 1.71. The summed E-state index contributed by atoms with van der Waals surface area (Å²) in [5.74, 6) is 4.58. The Morgan fingerprint density at radius 3 is 2.53 bits per heavy atom. The van der Waals surface area contributed by atoms with Gasteiger partial charge >= 0.3 is 5.97 Å². The third-order valence-electron chi connectivity index (χ3n) is 6.04. The van der Waals surface area contributed by atoms with Crippen LogP contribution < -0.4 is 4.90 Å². The van der Waals surface area contributed by atoms with E-state index in [9.17, 15) is 19.5 Å². The number of aromatic carboxylic acids is 1. The Kier molecular flexibility index (Phi) is 6.85. The lowest BCUT2D eigenvalue weighted by Crippen LogP contribution is -2.49. The van der Waals surface area contributed by atoms with E-state index < -0.39 is 12.0 Å². The predicted octanol–water partition coefficient (Wildman–Crippen LogP) is 4.40. The molecule has 0 radical (unpaired) electrons. The van der Waals surface area contributed by atoms with Crippen molar-refractivity contribution in [2.24, 2.45) is 17.3 Å². The molecule has 0 bridgehead atoms. The van der Waals surface area contributed by atoms with E-state index in [0.29, 0.717) is 24.3 Å². The number of likely N-dealkylation sites (tertiary alicyclic amines) is 1. The van der Waals surface area contributed by atoms with Crippen molar-refractivity contribution in [3.63, 3.8) is 0 Å². The number of likely N-dealkylation sites (N-methyl/N-ethyl adjacent to an activating group) is 1. The van der Waals surface area contributed by atoms with Crippen LogP contribution >= 0.6 is 11.3 Å². The molecule has 1 aliphatic carbocycles. The van der Waals surface area contributed by atoms with E-state index in [2.05, 4.69) is 24.8 Å². The Morgan fingerprint density at radius 2 is 2.00 bits per heavy atom. The van der Waals surface area contributed by atoms with Gasteiger partial charge in [-0.2, -0.15) is 0 Å². The zero-order valence-corrected chi connectivity index (χ0v) is 20.5. The van der Waals surface area contributed by atoms with E-state index in [1.54, 1.807) is 18.0 Å². The van der Waals surface area contributed by atoms with Gasteiger partial charge in [-0.25, -0.2) is 4.79 Å². The fourth-order valence-corrected chi connectivity index (χ4v) is 5.17. The Labute approximate surface area is 194 Å². The van der Waals surface area contributed by atoms with Crippen molar-refractivity contribution >= 4 is 34.8 Å². The van der Waals surface area contributed by atoms with Crippen molar-refractivity contribution in [1.29, 1.82) is 0 Å². The summed E-state index contributed by atoms with van der Waals surface area (Å²) < 4.78 is 0. The van der Waals surface area contributed by atoms with Crippen molar-refractivity contribution in [3.8, 4) is 11.8 Å². The van der Waals surface area contributed by atoms with E-state index in [-0.39, 0.29) is 39.6 Å². The molecule has 7 heteroatoms. The number of carboxylic acid groups (broad SMARTS) is 1. The second-order valence-electron chi connectivity index (χ2n) is 9.98. The molecule has 2 amide bonds. The van der Waals surface area contributed by atoms with Crippen molar-refractivity contribution in [2.45, 2.75) is 59.9 Å². The van der Waals surface area contributed by atoms with Crippen molar-refractivity contribution in [3.05, 3.63) is 27.5 Å². The molecule has 1 aromatic rings. The highest BCUT2D eigenvalue weighted by molar-refractivity contribution is 7.15. The van der Waals surface area contributed by atoms with Crippen LogP contribution in [0.3, 0.4) is 0 Å². The first kappa shape index (κ1) is 24.1. The van der Waals surface area contributed by atoms with Gasteiger partial charge in [0.05, 0.1) is 10.6 Å². The van der Waals surface area contributed by atoms with Crippen LogP contribution in [0.15, 0.2) is 17.7 Å². The zero-order chi connectivity index (χ0) is 23.8. The molecule has 3 rings (SSSR count). The maximum atomic E-state index is 13.9. The summed E-state index contributed by atoms with van der Waals surface area (Å²) in [5, 5.41) is 9.91. The van der Waals surface area contributed by atoms with Gasteiger partial charge in [0.15, 0.2) is 0 Å². The van der Waals surface area contributed by atoms with E-state index >= 15 is 0 Å². The Morgan fingerprint density at radius 1 is 1.31 bits per heavy atom. The molecule has 172 valence electrons. The Balaban J connectivity index is 2.10. The van der Waals surface area contributed by atoms with E-state index in [1.807, 2.05) is 27.7 Å². The molecule has 1 N–H and O–H groups in total. The SMILES string of the molecule is CC1=CCC(C(=O)N(c2cc(C#CC(C)(C)C)sc2C(=O)O)C2CCN(C)C2=O)C(C)C1. The number of thiophene rings is 1. The van der Waals surface area contributed by atoms with Crippen LogP contribution in [0, 0.1) is 29.1 Å². The average molecular weight is 457 g/mol. The van der Waals surface area contributed by atoms with Gasteiger partial charge in [-0.05, 0) is 58.9 Å². The summed E-state index contributed by atoms with van der Waals surface area (Å²) in [6.45, 7) is 10.6. The number of rotatable bonds is 4. The Hall–Kier alpha value is -2.59. The number of carbonyl (C=O) groups is 3. The maximum absolute atomic E-state index is 13.9. The second-order valence-corrected chi connectivity index (χ2v) is 11.0. The molecule has 1 fully saturated rings. The van der Waals surface area contributed by atoms with Gasteiger partial charge in [0.25, 0.3) is 0 Å². The molecule has 1 aliphatic heterocycles. The molecular weight excluding hydrogens is 424 g/mol. The zero-order valence-electron chi connectivity index (χ0n) is 19.7. The van der Waals surface area contributed by atoms with Crippen LogP contribution in [-0.4, -0.2) is 47.4 Å². The van der Waals surface area contributed by atoms with Gasteiger partial charge in [-0.3, -0.25) is 14.5 Å². The van der Waals surface area contributed by atoms with Gasteiger partial charge in [0, 0.05) is 24.9 Å². The van der Waals surface area contributed by atoms with Crippen LogP contribution in [0.4, 0.5) is 5.69 Å². The molecule has 6 nitrogen and oxygen atoms in total. The first-order valence-corrected chi connectivity index (χ1v) is 11.8. The number of amides is 2. The maximum Gasteiger partial charge on any atom is 0.348 e. The van der Waals surface area contributed by atoms with Crippen LogP contribution in [0.25, 0.3) is 0 Å². The molecule has 0 aromatic carbocycles. The number of allylic oxidation sites excluding steroid dienone is 2. The van der Waals surface area contributed by atoms with E-state index in [4.69, 9.17) is 0 Å². The van der Waals surface area contributed by atoms with Crippen LogP contribution in [0.1, 0.15) is 68.4 Å². The minimum Gasteiger partial charge on any atom is -0.477 e. The summed E-state index contributed by atoms with van der Waals surface area (Å²) in [6.07, 6.45) is 3.98. The summed E-state index contributed by atoms with van der Waals surface area (Å²) in [5.41, 5.74) is 1.30. The number of anilines is 1. The lowest BCUT2D eigenvalue weighted by molar-refractivity contribution is -0.131. The summed E-state index contributed by atoms with van der Waals surface area (Å²) in [6, 6.07) is 0.980. The van der Waals surface area contributed by atoms with Crippen molar-refractivity contribution in [1.82, 2.24) is 4.90 Å². The molecule has 2 heterocycles. The standard InChI is InChI=1S/C25H32N2O4S/c1-15-7-8-18(16(2)13-15)22(28)27(19-10-12-26(6)23(19)29)20-14-17(9-11-25(3,4)5)32-21(20)24(30)31/h7,14,16,18-19H,8,10,12-13H2,1-6H3,(H,30,31). The highest BCUT2D eigenvalue weighted by atomic mass is 32.1. The third-order valence-corrected chi connectivity index (χ3v) is 7.07. The predicted molar refractivity (Wildman–Crippen MR) is 127 cm³/mol. The average Bonchev–Trinajstić information content (AvgIpc) is 3.25. The van der Waals surface area contributed by atoms with Gasteiger partial charge in [-0.15, -0.1) is 11.3 Å². The molecule has 3 atom stereocenters. The smallest absolute Gasteiger partial charge is 0.348 e. The summed E-state index contributed by atoms with van der Waals surface area (Å²) in [4.78, 5) is 42.6. The molecule has 2 aliphatic rings. The van der Waals surface area contributed by atoms with Gasteiger partial charge < -0.3 is 10.0 Å². The number of hydrogen-bond donors (Lipinski definition) is 1. The van der Waals surface area contributed by atoms with Gasteiger partial charge in [0.2, 0.25) is 11.8 Å². The van der Waals surface area contributed by atoms with E-state index in [1.165, 1.54) is 10.5 Å². The highest BCUT2D eigenvalue weighted by Crippen LogP contribution is 2.38. The molecule has 0 spiro atoms. The van der Waals surface area contributed by atoms with Crippen LogP contribution in [0.5, 0.6) is 0 Å². The lowest BCUT2D eigenvalue weighted by atomic mass is 9.80.